The highest BCUT2D eigenvalue weighted by Gasteiger charge is 2.41. The zero-order valence-electron chi connectivity index (χ0n) is 13.7. The first-order valence-electron chi connectivity index (χ1n) is 7.87. The Kier molecular flexibility index (Phi) is 5.68. The summed E-state index contributed by atoms with van der Waals surface area (Å²) in [6, 6.07) is 5.28. The lowest BCUT2D eigenvalue weighted by atomic mass is 10.1. The maximum absolute atomic E-state index is 12.3. The molecule has 0 aromatic heterocycles. The van der Waals surface area contributed by atoms with Gasteiger partial charge in [0.25, 0.3) is 17.7 Å². The van der Waals surface area contributed by atoms with Crippen molar-refractivity contribution in [2.45, 2.75) is 32.7 Å². The molecule has 0 spiro atoms. The highest BCUT2D eigenvalue weighted by molar-refractivity contribution is 6.22. The molecule has 0 radical (unpaired) electrons. The summed E-state index contributed by atoms with van der Waals surface area (Å²) >= 11 is 0. The van der Waals surface area contributed by atoms with Gasteiger partial charge in [0.15, 0.2) is 6.61 Å². The molecule has 24 heavy (non-hydrogen) atoms. The van der Waals surface area contributed by atoms with Gasteiger partial charge in [-0.25, -0.2) is 4.79 Å². The number of carbonyl (C=O) groups is 4. The van der Waals surface area contributed by atoms with E-state index in [1.54, 1.807) is 12.1 Å². The summed E-state index contributed by atoms with van der Waals surface area (Å²) in [6.45, 7) is 3.48. The molecular formula is C17H20N2O5. The van der Waals surface area contributed by atoms with E-state index in [-0.39, 0.29) is 11.1 Å². The minimum Gasteiger partial charge on any atom is -0.454 e. The van der Waals surface area contributed by atoms with E-state index in [0.29, 0.717) is 6.54 Å². The lowest BCUT2D eigenvalue weighted by Gasteiger charge is -2.20. The molecule has 7 heteroatoms. The zero-order valence-corrected chi connectivity index (χ0v) is 13.7. The summed E-state index contributed by atoms with van der Waals surface area (Å²) < 4.78 is 4.91. The molecule has 2 rings (SSSR count). The van der Waals surface area contributed by atoms with Crippen molar-refractivity contribution in [2.24, 2.45) is 0 Å². The molecule has 128 valence electrons. The molecule has 0 aliphatic carbocycles. The molecule has 0 bridgehead atoms. The number of imide groups is 1. The van der Waals surface area contributed by atoms with E-state index in [9.17, 15) is 19.2 Å². The van der Waals surface area contributed by atoms with Gasteiger partial charge in [-0.15, -0.1) is 0 Å². The number of amides is 3. The third kappa shape index (κ3) is 3.61. The number of hydrogen-bond acceptors (Lipinski definition) is 5. The van der Waals surface area contributed by atoms with E-state index in [2.05, 4.69) is 5.32 Å². The molecule has 0 saturated heterocycles. The SMILES string of the molecule is CCCCNC(=O)COC(=O)C(C)N1C(=O)c2ccccc2C1=O. The number of esters is 1. The van der Waals surface area contributed by atoms with Crippen molar-refractivity contribution in [2.75, 3.05) is 13.2 Å². The first kappa shape index (κ1) is 17.7. The second-order valence-electron chi connectivity index (χ2n) is 5.51. The van der Waals surface area contributed by atoms with Gasteiger partial charge in [0.1, 0.15) is 6.04 Å². The van der Waals surface area contributed by atoms with Gasteiger partial charge in [0.2, 0.25) is 0 Å². The minimum absolute atomic E-state index is 0.263. The first-order valence-corrected chi connectivity index (χ1v) is 7.87. The normalized spacial score (nSPS) is 14.3. The summed E-state index contributed by atoms with van der Waals surface area (Å²) in [5, 5.41) is 2.62. The quantitative estimate of drug-likeness (QED) is 0.459. The molecule has 1 aliphatic rings. The van der Waals surface area contributed by atoms with Crippen molar-refractivity contribution >= 4 is 23.7 Å². The van der Waals surface area contributed by atoms with Crippen LogP contribution in [0.2, 0.25) is 0 Å². The Morgan fingerprint density at radius 3 is 2.29 bits per heavy atom. The average molecular weight is 332 g/mol. The molecule has 1 unspecified atom stereocenters. The van der Waals surface area contributed by atoms with Gasteiger partial charge in [-0.05, 0) is 25.5 Å². The lowest BCUT2D eigenvalue weighted by Crippen LogP contribution is -2.44. The number of ether oxygens (including phenoxy) is 1. The van der Waals surface area contributed by atoms with E-state index in [1.165, 1.54) is 19.1 Å². The molecule has 1 atom stereocenters. The summed E-state index contributed by atoms with van der Waals surface area (Å²) in [6.07, 6.45) is 1.78. The monoisotopic (exact) mass is 332 g/mol. The van der Waals surface area contributed by atoms with Crippen LogP contribution in [-0.4, -0.2) is 47.8 Å². The van der Waals surface area contributed by atoms with Crippen LogP contribution < -0.4 is 5.32 Å². The van der Waals surface area contributed by atoms with E-state index in [1.807, 2.05) is 6.92 Å². The Bertz CT molecular complexity index is 636. The molecule has 1 N–H and O–H groups in total. The summed E-state index contributed by atoms with van der Waals surface area (Å²) in [7, 11) is 0. The molecule has 0 saturated carbocycles. The number of rotatable bonds is 7. The Balaban J connectivity index is 1.93. The van der Waals surface area contributed by atoms with Crippen molar-refractivity contribution in [3.63, 3.8) is 0 Å². The van der Waals surface area contributed by atoms with Crippen LogP contribution in [0.3, 0.4) is 0 Å². The first-order chi connectivity index (χ1) is 11.5. The van der Waals surface area contributed by atoms with E-state index >= 15 is 0 Å². The van der Waals surface area contributed by atoms with Crippen LogP contribution in [0.4, 0.5) is 0 Å². The number of hydrogen-bond donors (Lipinski definition) is 1. The van der Waals surface area contributed by atoms with Crippen molar-refractivity contribution < 1.29 is 23.9 Å². The minimum atomic E-state index is -1.10. The van der Waals surface area contributed by atoms with Crippen LogP contribution >= 0.6 is 0 Å². The van der Waals surface area contributed by atoms with Gasteiger partial charge in [0.05, 0.1) is 11.1 Å². The fourth-order valence-electron chi connectivity index (χ4n) is 2.38. The van der Waals surface area contributed by atoms with E-state index in [0.717, 1.165) is 17.7 Å². The van der Waals surface area contributed by atoms with Crippen LogP contribution in [0.1, 0.15) is 47.4 Å². The van der Waals surface area contributed by atoms with Crippen LogP contribution in [0, 0.1) is 0 Å². The zero-order chi connectivity index (χ0) is 17.7. The van der Waals surface area contributed by atoms with Crippen LogP contribution in [0.5, 0.6) is 0 Å². The Morgan fingerprint density at radius 2 is 1.75 bits per heavy atom. The highest BCUT2D eigenvalue weighted by atomic mass is 16.5. The van der Waals surface area contributed by atoms with Crippen molar-refractivity contribution in [1.29, 1.82) is 0 Å². The average Bonchev–Trinajstić information content (AvgIpc) is 2.84. The van der Waals surface area contributed by atoms with Gasteiger partial charge in [0, 0.05) is 6.54 Å². The van der Waals surface area contributed by atoms with Crippen LogP contribution in [0.15, 0.2) is 24.3 Å². The van der Waals surface area contributed by atoms with Crippen LogP contribution in [-0.2, 0) is 14.3 Å². The second-order valence-corrected chi connectivity index (χ2v) is 5.51. The third-order valence-corrected chi connectivity index (χ3v) is 3.75. The Labute approximate surface area is 140 Å². The maximum Gasteiger partial charge on any atom is 0.329 e. The molecule has 1 heterocycles. The lowest BCUT2D eigenvalue weighted by molar-refractivity contribution is -0.151. The number of benzene rings is 1. The smallest absolute Gasteiger partial charge is 0.329 e. The predicted octanol–water partition coefficient (Wildman–Crippen LogP) is 1.13. The van der Waals surface area contributed by atoms with Crippen molar-refractivity contribution in [1.82, 2.24) is 10.2 Å². The fraction of sp³-hybridized carbons (Fsp3) is 0.412. The molecule has 0 fully saturated rings. The van der Waals surface area contributed by atoms with E-state index in [4.69, 9.17) is 4.74 Å². The van der Waals surface area contributed by atoms with Gasteiger partial charge in [-0.3, -0.25) is 19.3 Å². The number of nitrogens with one attached hydrogen (secondary N) is 1. The fourth-order valence-corrected chi connectivity index (χ4v) is 2.38. The topological polar surface area (TPSA) is 92.8 Å². The molecule has 1 aromatic carbocycles. The van der Waals surface area contributed by atoms with Crippen molar-refractivity contribution in [3.8, 4) is 0 Å². The molecule has 3 amide bonds. The molecule has 7 nitrogen and oxygen atoms in total. The Morgan fingerprint density at radius 1 is 1.17 bits per heavy atom. The molecule has 1 aromatic rings. The number of carbonyl (C=O) groups excluding carboxylic acids is 4. The van der Waals surface area contributed by atoms with Gasteiger partial charge >= 0.3 is 5.97 Å². The third-order valence-electron chi connectivity index (χ3n) is 3.75. The predicted molar refractivity (Wildman–Crippen MR) is 85.3 cm³/mol. The second kappa shape index (κ2) is 7.72. The standard InChI is InChI=1S/C17H20N2O5/c1-3-4-9-18-14(20)10-24-17(23)11(2)19-15(21)12-7-5-6-8-13(12)16(19)22/h5-8,11H,3-4,9-10H2,1-2H3,(H,18,20). The number of unbranched alkanes of at least 4 members (excludes halogenated alkanes) is 1. The van der Waals surface area contributed by atoms with Crippen molar-refractivity contribution in [3.05, 3.63) is 35.4 Å². The number of nitrogens with zero attached hydrogens (tertiary/aromatic N) is 1. The van der Waals surface area contributed by atoms with Gasteiger partial charge < -0.3 is 10.1 Å². The molecule has 1 aliphatic heterocycles. The number of fused-ring (bicyclic) bond motifs is 1. The largest absolute Gasteiger partial charge is 0.454 e. The summed E-state index contributed by atoms with van der Waals surface area (Å²) in [5.74, 6) is -2.28. The van der Waals surface area contributed by atoms with E-state index < -0.39 is 36.3 Å². The summed E-state index contributed by atoms with van der Waals surface area (Å²) in [4.78, 5) is 49.0. The maximum atomic E-state index is 12.3. The summed E-state index contributed by atoms with van der Waals surface area (Å²) in [5.41, 5.74) is 0.527. The van der Waals surface area contributed by atoms with Crippen LogP contribution in [0.25, 0.3) is 0 Å². The molecular weight excluding hydrogens is 312 g/mol. The highest BCUT2D eigenvalue weighted by Crippen LogP contribution is 2.24. The Hall–Kier alpha value is -2.70. The van der Waals surface area contributed by atoms with Gasteiger partial charge in [-0.2, -0.15) is 0 Å². The van der Waals surface area contributed by atoms with Gasteiger partial charge in [-0.1, -0.05) is 25.5 Å².